The Morgan fingerprint density at radius 3 is 1.60 bits per heavy atom. The van der Waals surface area contributed by atoms with Gasteiger partial charge in [-0.25, -0.2) is 10.3 Å². The van der Waals surface area contributed by atoms with E-state index >= 15 is 0 Å². The van der Waals surface area contributed by atoms with Crippen molar-refractivity contribution in [2.45, 2.75) is 0 Å². The molecule has 0 aliphatic carbocycles. The third kappa shape index (κ3) is 4.20. The van der Waals surface area contributed by atoms with Gasteiger partial charge in [0.1, 0.15) is 0 Å². The third-order valence-electron chi connectivity index (χ3n) is 0.163. The molecular formula is CH6N2P2+2. The molecule has 0 rings (SSSR count). The van der Waals surface area contributed by atoms with Crippen LogP contribution in [-0.2, 0) is 0 Å². The van der Waals surface area contributed by atoms with E-state index in [0.29, 0.717) is 0 Å². The molecule has 0 bridgehead atoms. The Kier molecular flexibility index (Phi) is 4.37. The van der Waals surface area contributed by atoms with Gasteiger partial charge in [0.2, 0.25) is 16.7 Å². The fourth-order valence-corrected chi connectivity index (χ4v) is 0.424. The molecule has 0 heterocycles. The van der Waals surface area contributed by atoms with Crippen molar-refractivity contribution in [2.24, 2.45) is 0 Å². The Balaban J connectivity index is 2.65. The number of rotatable bonds is 2. The normalized spacial score (nSPS) is 9.60. The quantitative estimate of drug-likeness (QED) is 0.414. The van der Waals surface area contributed by atoms with Gasteiger partial charge in [0.05, 0.1) is 0 Å². The summed E-state index contributed by atoms with van der Waals surface area (Å²) in [6.45, 7) is 0. The average molecular weight is 108 g/mol. The van der Waals surface area contributed by atoms with Gasteiger partial charge in [0, 0.05) is 0 Å². The van der Waals surface area contributed by atoms with Gasteiger partial charge in [-0.05, 0) is 0 Å². The maximum absolute atomic E-state index is 5.02. The van der Waals surface area contributed by atoms with Gasteiger partial charge in [-0.2, -0.15) is 0 Å². The average Bonchev–Trinajstić information content (AvgIpc) is 1.41. The van der Waals surface area contributed by atoms with Crippen molar-refractivity contribution >= 4 is 16.7 Å². The van der Waals surface area contributed by atoms with Gasteiger partial charge in [-0.15, -0.1) is 0 Å². The van der Waals surface area contributed by atoms with Crippen LogP contribution in [0.25, 0.3) is 0 Å². The fourth-order valence-electron chi connectivity index (χ4n) is 0.0471. The lowest BCUT2D eigenvalue weighted by Gasteiger charge is -1.45. The minimum Gasteiger partial charge on any atom is -0.244 e. The molecule has 0 spiro atoms. The summed E-state index contributed by atoms with van der Waals surface area (Å²) in [6, 6.07) is 0. The summed E-state index contributed by atoms with van der Waals surface area (Å²) in [7, 11) is 1.78. The van der Waals surface area contributed by atoms with E-state index in [4.69, 9.17) is 10.3 Å². The Morgan fingerprint density at radius 1 is 1.20 bits per heavy atom. The van der Waals surface area contributed by atoms with Crippen molar-refractivity contribution in [1.82, 2.24) is 0 Å². The molecule has 0 aromatic heterocycles. The highest BCUT2D eigenvalue weighted by Gasteiger charge is 1.74. The van der Waals surface area contributed by atoms with Crippen molar-refractivity contribution < 1.29 is 10.3 Å². The Morgan fingerprint density at radius 2 is 1.60 bits per heavy atom. The smallest absolute Gasteiger partial charge is 0.219 e. The zero-order valence-electron chi connectivity index (χ0n) is 2.76. The molecule has 0 aliphatic heterocycles. The Labute approximate surface area is 34.0 Å². The molecule has 0 saturated carbocycles. The van der Waals surface area contributed by atoms with Crippen LogP contribution < -0.4 is 10.3 Å². The first-order chi connectivity index (χ1) is 2.41. The molecule has 4 N–H and O–H groups in total. The highest BCUT2D eigenvalue weighted by Crippen LogP contribution is 1.93. The first-order valence-corrected chi connectivity index (χ1v) is 3.45. The Hall–Kier alpha value is 0.200. The maximum atomic E-state index is 5.02. The van der Waals surface area contributed by atoms with Crippen LogP contribution in [0.5, 0.6) is 0 Å². The summed E-state index contributed by atoms with van der Waals surface area (Å²) in [4.78, 5) is 0. The lowest BCUT2D eigenvalue weighted by atomic mass is 11.9. The first-order valence-electron chi connectivity index (χ1n) is 1.15. The van der Waals surface area contributed by atoms with Crippen LogP contribution in [0.4, 0.5) is 0 Å². The molecule has 28 valence electrons. The standard InChI is InChI=1S/CH4N2P2/c2-4-1-5-3/h2-3H,1H2/p+2. The predicted octanol–water partition coefficient (Wildman–Crippen LogP) is -1.28. The summed E-state index contributed by atoms with van der Waals surface area (Å²) in [5.41, 5.74) is 0. The lowest BCUT2D eigenvalue weighted by Crippen LogP contribution is -2.19. The van der Waals surface area contributed by atoms with E-state index in [1.807, 2.05) is 0 Å². The van der Waals surface area contributed by atoms with Crippen molar-refractivity contribution in [3.8, 4) is 0 Å². The van der Waals surface area contributed by atoms with Crippen LogP contribution in [-0.4, -0.2) is 5.90 Å². The van der Waals surface area contributed by atoms with Crippen LogP contribution >= 0.6 is 16.7 Å². The molecule has 0 amide bonds. The van der Waals surface area contributed by atoms with Gasteiger partial charge in [-0.1, -0.05) is 0 Å². The van der Waals surface area contributed by atoms with Gasteiger partial charge < -0.3 is 0 Å². The van der Waals surface area contributed by atoms with Crippen molar-refractivity contribution in [1.29, 1.82) is 0 Å². The number of nitrogens with two attached hydrogens (primary N) is 2. The summed E-state index contributed by atoms with van der Waals surface area (Å²) in [5, 5.41) is 10.0. The summed E-state index contributed by atoms with van der Waals surface area (Å²) in [5.74, 6) is 0.889. The first kappa shape index (κ1) is 5.20. The van der Waals surface area contributed by atoms with Crippen molar-refractivity contribution in [3.63, 3.8) is 0 Å². The minimum absolute atomic E-state index is 0.889. The second-order valence-corrected chi connectivity index (χ2v) is 2.37. The summed E-state index contributed by atoms with van der Waals surface area (Å²) < 4.78 is 0. The third-order valence-corrected chi connectivity index (χ3v) is 1.47. The van der Waals surface area contributed by atoms with Crippen LogP contribution in [0.1, 0.15) is 0 Å². The number of hydrogen-bond donors (Lipinski definition) is 2. The molecule has 0 aliphatic rings. The molecular weight excluding hydrogens is 102 g/mol. The van der Waals surface area contributed by atoms with Gasteiger partial charge in [-0.3, -0.25) is 0 Å². The second-order valence-electron chi connectivity index (χ2n) is 0.507. The molecule has 4 heteroatoms. The zero-order chi connectivity index (χ0) is 4.12. The molecule has 2 nitrogen and oxygen atoms in total. The molecule has 5 heavy (non-hydrogen) atoms. The van der Waals surface area contributed by atoms with E-state index in [-0.39, 0.29) is 0 Å². The van der Waals surface area contributed by atoms with E-state index in [0.717, 1.165) is 22.6 Å². The molecule has 0 unspecified atom stereocenters. The summed E-state index contributed by atoms with van der Waals surface area (Å²) in [6.07, 6.45) is 0. The van der Waals surface area contributed by atoms with E-state index in [1.54, 1.807) is 0 Å². The second kappa shape index (κ2) is 4.20. The minimum atomic E-state index is 0.889. The van der Waals surface area contributed by atoms with Gasteiger partial charge >= 0.3 is 0 Å². The summed E-state index contributed by atoms with van der Waals surface area (Å²) >= 11 is 0. The van der Waals surface area contributed by atoms with E-state index in [1.165, 1.54) is 0 Å². The van der Waals surface area contributed by atoms with Crippen molar-refractivity contribution in [2.75, 3.05) is 5.90 Å². The van der Waals surface area contributed by atoms with Gasteiger partial charge in [0.25, 0.3) is 0 Å². The fraction of sp³-hybridized carbons (Fsp3) is 1.00. The SMILES string of the molecule is [NH2+]=PCP=[NH2+]. The topological polar surface area (TPSA) is 51.2 Å². The predicted molar refractivity (Wildman–Crippen MR) is 22.6 cm³/mol. The molecule has 0 fully saturated rings. The van der Waals surface area contributed by atoms with E-state index in [2.05, 4.69) is 0 Å². The zero-order valence-corrected chi connectivity index (χ0v) is 4.55. The lowest BCUT2D eigenvalue weighted by molar-refractivity contribution is -0.0785. The molecule has 0 saturated heterocycles. The van der Waals surface area contributed by atoms with Crippen LogP contribution in [0, 0.1) is 0 Å². The monoisotopic (exact) mass is 108 g/mol. The molecule has 0 atom stereocenters. The van der Waals surface area contributed by atoms with Crippen LogP contribution in [0.3, 0.4) is 0 Å². The van der Waals surface area contributed by atoms with Gasteiger partial charge in [0.15, 0.2) is 5.90 Å². The highest BCUT2D eigenvalue weighted by atomic mass is 31.1. The molecule has 0 aromatic carbocycles. The largest absolute Gasteiger partial charge is 0.244 e. The van der Waals surface area contributed by atoms with E-state index in [9.17, 15) is 0 Å². The molecule has 0 aromatic rings. The molecule has 0 radical (unpaired) electrons. The number of hydrogen-bond acceptors (Lipinski definition) is 0. The van der Waals surface area contributed by atoms with Crippen LogP contribution in [0.15, 0.2) is 0 Å². The maximum Gasteiger partial charge on any atom is 0.219 e. The van der Waals surface area contributed by atoms with Crippen molar-refractivity contribution in [3.05, 3.63) is 0 Å². The van der Waals surface area contributed by atoms with Crippen LogP contribution in [0.2, 0.25) is 0 Å². The Bertz CT molecular complexity index is 36.9. The van der Waals surface area contributed by atoms with E-state index < -0.39 is 0 Å². The highest BCUT2D eigenvalue weighted by molar-refractivity contribution is 7.42.